The molecule has 33 heavy (non-hydrogen) atoms. The summed E-state index contributed by atoms with van der Waals surface area (Å²) in [6, 6.07) is 5.37. The monoisotopic (exact) mass is 576 g/mol. The fraction of sp³-hybridized carbons (Fsp3) is 0.720. The number of nitrogens with one attached hydrogen (secondary N) is 2. The molecule has 0 saturated carbocycles. The molecule has 2 atom stereocenters. The SMILES string of the molecule is CCNC(=NCc1ccc(N2CCC(O)CC2)c(F)c1)NCC1CCCOC1C(C)(C)C.I. The summed E-state index contributed by atoms with van der Waals surface area (Å²) >= 11 is 0. The fourth-order valence-electron chi connectivity index (χ4n) is 4.76. The summed E-state index contributed by atoms with van der Waals surface area (Å²) in [4.78, 5) is 6.70. The number of nitrogens with zero attached hydrogens (tertiary/aromatic N) is 2. The number of aliphatic imine (C=N–C) groups is 1. The van der Waals surface area contributed by atoms with Crippen molar-refractivity contribution in [1.82, 2.24) is 10.6 Å². The van der Waals surface area contributed by atoms with Crippen molar-refractivity contribution in [1.29, 1.82) is 0 Å². The summed E-state index contributed by atoms with van der Waals surface area (Å²) in [5.74, 6) is 0.965. The van der Waals surface area contributed by atoms with Crippen molar-refractivity contribution < 1.29 is 14.2 Å². The van der Waals surface area contributed by atoms with Gasteiger partial charge in [0.2, 0.25) is 0 Å². The molecule has 0 spiro atoms. The molecule has 0 amide bonds. The highest BCUT2D eigenvalue weighted by atomic mass is 127. The molecule has 1 aromatic carbocycles. The molecule has 188 valence electrons. The number of rotatable bonds is 6. The number of piperidine rings is 1. The lowest BCUT2D eigenvalue weighted by atomic mass is 9.78. The molecule has 2 aliphatic heterocycles. The molecule has 2 aliphatic rings. The molecule has 8 heteroatoms. The lowest BCUT2D eigenvalue weighted by molar-refractivity contribution is -0.0835. The zero-order chi connectivity index (χ0) is 23.1. The zero-order valence-electron chi connectivity index (χ0n) is 20.6. The molecule has 0 radical (unpaired) electrons. The number of guanidine groups is 1. The van der Waals surface area contributed by atoms with Crippen molar-refractivity contribution in [3.63, 3.8) is 0 Å². The Labute approximate surface area is 215 Å². The van der Waals surface area contributed by atoms with E-state index in [1.54, 1.807) is 6.07 Å². The number of ether oxygens (including phenoxy) is 1. The highest BCUT2D eigenvalue weighted by molar-refractivity contribution is 14.0. The van der Waals surface area contributed by atoms with E-state index < -0.39 is 0 Å². The summed E-state index contributed by atoms with van der Waals surface area (Å²) in [6.07, 6.45) is 3.57. The van der Waals surface area contributed by atoms with E-state index in [4.69, 9.17) is 4.74 Å². The Morgan fingerprint density at radius 2 is 1.94 bits per heavy atom. The van der Waals surface area contributed by atoms with Crippen LogP contribution in [0.5, 0.6) is 0 Å². The van der Waals surface area contributed by atoms with Gasteiger partial charge in [0.05, 0.1) is 24.4 Å². The highest BCUT2D eigenvalue weighted by Crippen LogP contribution is 2.33. The van der Waals surface area contributed by atoms with Gasteiger partial charge in [-0.2, -0.15) is 0 Å². The van der Waals surface area contributed by atoms with Gasteiger partial charge in [0.1, 0.15) is 5.82 Å². The van der Waals surface area contributed by atoms with Crippen LogP contribution in [0.15, 0.2) is 23.2 Å². The summed E-state index contributed by atoms with van der Waals surface area (Å²) in [7, 11) is 0. The van der Waals surface area contributed by atoms with Crippen LogP contribution in [0.1, 0.15) is 58.9 Å². The predicted molar refractivity (Wildman–Crippen MR) is 144 cm³/mol. The van der Waals surface area contributed by atoms with Crippen LogP contribution in [0.3, 0.4) is 0 Å². The first-order chi connectivity index (χ1) is 15.3. The van der Waals surface area contributed by atoms with Crippen molar-refractivity contribution in [2.24, 2.45) is 16.3 Å². The van der Waals surface area contributed by atoms with Gasteiger partial charge in [-0.05, 0) is 55.7 Å². The topological polar surface area (TPSA) is 69.1 Å². The molecule has 0 aliphatic carbocycles. The maximum atomic E-state index is 14.8. The minimum atomic E-state index is -0.265. The summed E-state index contributed by atoms with van der Waals surface area (Å²) in [6.45, 7) is 12.9. The maximum absolute atomic E-state index is 14.8. The third-order valence-corrected chi connectivity index (χ3v) is 6.41. The van der Waals surface area contributed by atoms with E-state index in [0.717, 1.165) is 44.1 Å². The molecule has 2 heterocycles. The van der Waals surface area contributed by atoms with Crippen LogP contribution in [-0.2, 0) is 11.3 Å². The first-order valence-corrected chi connectivity index (χ1v) is 12.1. The highest BCUT2D eigenvalue weighted by Gasteiger charge is 2.35. The lowest BCUT2D eigenvalue weighted by Crippen LogP contribution is -2.47. The predicted octanol–water partition coefficient (Wildman–Crippen LogP) is 4.30. The van der Waals surface area contributed by atoms with Crippen molar-refractivity contribution >= 4 is 35.6 Å². The van der Waals surface area contributed by atoms with Crippen LogP contribution >= 0.6 is 24.0 Å². The molecule has 6 nitrogen and oxygen atoms in total. The van der Waals surface area contributed by atoms with E-state index in [2.05, 4.69) is 36.4 Å². The second-order valence-electron chi connectivity index (χ2n) is 10.1. The fourth-order valence-corrected chi connectivity index (χ4v) is 4.76. The van der Waals surface area contributed by atoms with Gasteiger partial charge in [-0.3, -0.25) is 0 Å². The number of anilines is 1. The van der Waals surface area contributed by atoms with Gasteiger partial charge >= 0.3 is 0 Å². The molecule has 1 aromatic rings. The van der Waals surface area contributed by atoms with Gasteiger partial charge in [0.25, 0.3) is 0 Å². The van der Waals surface area contributed by atoms with E-state index in [9.17, 15) is 9.50 Å². The van der Waals surface area contributed by atoms with E-state index in [0.29, 0.717) is 44.1 Å². The second-order valence-corrected chi connectivity index (χ2v) is 10.1. The van der Waals surface area contributed by atoms with Crippen LogP contribution in [0.4, 0.5) is 10.1 Å². The smallest absolute Gasteiger partial charge is 0.191 e. The Balaban J connectivity index is 0.00000385. The van der Waals surface area contributed by atoms with Crippen LogP contribution in [-0.4, -0.2) is 56.1 Å². The molecule has 2 fully saturated rings. The minimum absolute atomic E-state index is 0. The summed E-state index contributed by atoms with van der Waals surface area (Å²) in [5, 5.41) is 16.5. The zero-order valence-corrected chi connectivity index (χ0v) is 22.9. The van der Waals surface area contributed by atoms with Gasteiger partial charge in [0, 0.05) is 38.7 Å². The molecule has 2 saturated heterocycles. The van der Waals surface area contributed by atoms with E-state index in [1.807, 2.05) is 24.0 Å². The molecule has 0 aromatic heterocycles. The minimum Gasteiger partial charge on any atom is -0.393 e. The van der Waals surface area contributed by atoms with Crippen molar-refractivity contribution in [3.8, 4) is 0 Å². The van der Waals surface area contributed by atoms with Crippen LogP contribution < -0.4 is 15.5 Å². The molecule has 0 bridgehead atoms. The van der Waals surface area contributed by atoms with Crippen molar-refractivity contribution in [2.45, 2.75) is 72.1 Å². The average molecular weight is 577 g/mol. The van der Waals surface area contributed by atoms with Gasteiger partial charge < -0.3 is 25.4 Å². The standard InChI is InChI=1S/C25H41FN4O2.HI/c1-5-27-24(29-17-19-7-6-14-32-23(19)25(2,3)4)28-16-18-8-9-22(21(26)15-18)30-12-10-20(31)11-13-30;/h8-9,15,19-20,23,31H,5-7,10-14,16-17H2,1-4H3,(H2,27,28,29);1H. The number of halogens is 2. The quantitative estimate of drug-likeness (QED) is 0.268. The number of aliphatic hydroxyl groups is 1. The number of hydrogen-bond donors (Lipinski definition) is 3. The van der Waals surface area contributed by atoms with Crippen molar-refractivity contribution in [3.05, 3.63) is 29.6 Å². The molecule has 3 rings (SSSR count). The lowest BCUT2D eigenvalue weighted by Gasteiger charge is -2.40. The molecule has 3 N–H and O–H groups in total. The number of aliphatic hydroxyl groups excluding tert-OH is 1. The van der Waals surface area contributed by atoms with Gasteiger partial charge in [-0.1, -0.05) is 26.8 Å². The summed E-state index contributed by atoms with van der Waals surface area (Å²) < 4.78 is 20.8. The summed E-state index contributed by atoms with van der Waals surface area (Å²) in [5.41, 5.74) is 1.56. The van der Waals surface area contributed by atoms with Crippen molar-refractivity contribution in [2.75, 3.05) is 37.7 Å². The molecular formula is C25H42FIN4O2. The van der Waals surface area contributed by atoms with Gasteiger partial charge in [-0.25, -0.2) is 9.38 Å². The normalized spacial score (nSPS) is 22.6. The van der Waals surface area contributed by atoms with E-state index in [-0.39, 0.29) is 47.4 Å². The molecule has 2 unspecified atom stereocenters. The Hall–Kier alpha value is -1.13. The Kier molecular flexibility index (Phi) is 11.2. The Morgan fingerprint density at radius 3 is 2.58 bits per heavy atom. The van der Waals surface area contributed by atoms with Gasteiger partial charge in [-0.15, -0.1) is 24.0 Å². The Morgan fingerprint density at radius 1 is 1.21 bits per heavy atom. The number of benzene rings is 1. The van der Waals surface area contributed by atoms with Crippen LogP contribution in [0.2, 0.25) is 0 Å². The van der Waals surface area contributed by atoms with Gasteiger partial charge in [0.15, 0.2) is 5.96 Å². The van der Waals surface area contributed by atoms with E-state index >= 15 is 0 Å². The van der Waals surface area contributed by atoms with Crippen LogP contribution in [0, 0.1) is 17.2 Å². The number of hydrogen-bond acceptors (Lipinski definition) is 4. The largest absolute Gasteiger partial charge is 0.393 e. The second kappa shape index (κ2) is 13.1. The first kappa shape index (κ1) is 28.1. The average Bonchev–Trinajstić information content (AvgIpc) is 2.76. The third kappa shape index (κ3) is 8.24. The Bertz CT molecular complexity index is 763. The third-order valence-electron chi connectivity index (χ3n) is 6.41. The first-order valence-electron chi connectivity index (χ1n) is 12.1. The molecular weight excluding hydrogens is 534 g/mol. The maximum Gasteiger partial charge on any atom is 0.191 e. The van der Waals surface area contributed by atoms with E-state index in [1.165, 1.54) is 0 Å². The van der Waals surface area contributed by atoms with Crippen LogP contribution in [0.25, 0.3) is 0 Å².